The van der Waals surface area contributed by atoms with E-state index in [2.05, 4.69) is 16.0 Å². The zero-order valence-corrected chi connectivity index (χ0v) is 15.5. The lowest BCUT2D eigenvalue weighted by Crippen LogP contribution is -2.47. The molecule has 3 heterocycles. The van der Waals surface area contributed by atoms with E-state index in [9.17, 15) is 9.59 Å². The number of nitrogens with zero attached hydrogens (tertiary/aromatic N) is 3. The normalized spacial score (nSPS) is 24.4. The van der Waals surface area contributed by atoms with E-state index in [0.29, 0.717) is 18.2 Å². The van der Waals surface area contributed by atoms with Crippen LogP contribution in [0.4, 0.5) is 0 Å². The van der Waals surface area contributed by atoms with Gasteiger partial charge in [-0.1, -0.05) is 6.07 Å². The predicted octanol–water partition coefficient (Wildman–Crippen LogP) is 1.80. The van der Waals surface area contributed by atoms with Gasteiger partial charge in [-0.25, -0.2) is 0 Å². The Balaban J connectivity index is 1.52. The number of carbonyl (C=O) groups excluding carboxylic acids is 2. The standard InChI is InChI=1S/C20H30N4O2/c21-19(25)8-7-16-5-2-11-24(14-16)20(26)18-6-3-10-23(15-18)13-17-4-1-9-22-12-17/h1,4,9,12,16,18H,2-3,5-8,10-11,13-15H2,(H2,21,25). The highest BCUT2D eigenvalue weighted by molar-refractivity contribution is 5.79. The van der Waals surface area contributed by atoms with Gasteiger partial charge < -0.3 is 10.6 Å². The van der Waals surface area contributed by atoms with Gasteiger partial charge in [0.05, 0.1) is 5.92 Å². The minimum atomic E-state index is -0.244. The van der Waals surface area contributed by atoms with Crippen molar-refractivity contribution in [3.05, 3.63) is 30.1 Å². The summed E-state index contributed by atoms with van der Waals surface area (Å²) < 4.78 is 0. The second-order valence-electron chi connectivity index (χ2n) is 7.73. The summed E-state index contributed by atoms with van der Waals surface area (Å²) >= 11 is 0. The fourth-order valence-electron chi connectivity index (χ4n) is 4.26. The van der Waals surface area contributed by atoms with Crippen molar-refractivity contribution in [1.29, 1.82) is 0 Å². The molecular weight excluding hydrogens is 328 g/mol. The number of hydrogen-bond donors (Lipinski definition) is 1. The lowest BCUT2D eigenvalue weighted by Gasteiger charge is -2.38. The molecule has 0 aromatic carbocycles. The molecule has 0 radical (unpaired) electrons. The number of primary amides is 1. The summed E-state index contributed by atoms with van der Waals surface area (Å²) in [7, 11) is 0. The van der Waals surface area contributed by atoms with Crippen molar-refractivity contribution in [3.8, 4) is 0 Å². The van der Waals surface area contributed by atoms with Crippen LogP contribution in [0.5, 0.6) is 0 Å². The highest BCUT2D eigenvalue weighted by atomic mass is 16.2. The highest BCUT2D eigenvalue weighted by Gasteiger charge is 2.31. The summed E-state index contributed by atoms with van der Waals surface area (Å²) in [5.41, 5.74) is 6.47. The van der Waals surface area contributed by atoms with Crippen LogP contribution in [0.15, 0.2) is 24.5 Å². The van der Waals surface area contributed by atoms with Crippen LogP contribution in [0.2, 0.25) is 0 Å². The van der Waals surface area contributed by atoms with E-state index in [1.165, 1.54) is 5.56 Å². The Kier molecular flexibility index (Phi) is 6.61. The number of rotatable bonds is 6. The molecular formula is C20H30N4O2. The molecule has 2 fully saturated rings. The third-order valence-corrected chi connectivity index (χ3v) is 5.61. The summed E-state index contributed by atoms with van der Waals surface area (Å²) in [6, 6.07) is 4.05. The fourth-order valence-corrected chi connectivity index (χ4v) is 4.26. The number of amides is 2. The number of nitrogens with two attached hydrogens (primary N) is 1. The monoisotopic (exact) mass is 358 g/mol. The van der Waals surface area contributed by atoms with Gasteiger partial charge in [0.15, 0.2) is 0 Å². The quantitative estimate of drug-likeness (QED) is 0.841. The first-order valence-electron chi connectivity index (χ1n) is 9.80. The molecule has 1 aromatic rings. The van der Waals surface area contributed by atoms with Crippen LogP contribution in [0, 0.1) is 11.8 Å². The Morgan fingerprint density at radius 2 is 2.04 bits per heavy atom. The van der Waals surface area contributed by atoms with Crippen LogP contribution in [-0.2, 0) is 16.1 Å². The van der Waals surface area contributed by atoms with Crippen LogP contribution >= 0.6 is 0 Å². The molecule has 2 saturated heterocycles. The molecule has 0 spiro atoms. The molecule has 0 saturated carbocycles. The molecule has 2 amide bonds. The SMILES string of the molecule is NC(=O)CCC1CCCN(C(=O)C2CCCN(Cc3cccnc3)C2)C1. The van der Waals surface area contributed by atoms with Crippen molar-refractivity contribution >= 4 is 11.8 Å². The van der Waals surface area contributed by atoms with E-state index in [1.54, 1.807) is 6.20 Å². The first kappa shape index (κ1) is 18.8. The first-order chi connectivity index (χ1) is 12.6. The maximum atomic E-state index is 13.0. The Labute approximate surface area is 155 Å². The minimum Gasteiger partial charge on any atom is -0.370 e. The van der Waals surface area contributed by atoms with Crippen LogP contribution in [0.3, 0.4) is 0 Å². The third-order valence-electron chi connectivity index (χ3n) is 5.61. The summed E-state index contributed by atoms with van der Waals surface area (Å²) in [4.78, 5) is 32.6. The largest absolute Gasteiger partial charge is 0.370 e. The summed E-state index contributed by atoms with van der Waals surface area (Å²) in [6.45, 7) is 4.37. The molecule has 142 valence electrons. The van der Waals surface area contributed by atoms with E-state index < -0.39 is 0 Å². The van der Waals surface area contributed by atoms with Crippen molar-refractivity contribution in [2.45, 2.75) is 45.1 Å². The van der Waals surface area contributed by atoms with Crippen LogP contribution in [-0.4, -0.2) is 52.8 Å². The number of pyridine rings is 1. The van der Waals surface area contributed by atoms with Gasteiger partial charge in [0.25, 0.3) is 0 Å². The molecule has 0 bridgehead atoms. The Morgan fingerprint density at radius 3 is 2.81 bits per heavy atom. The Bertz CT molecular complexity index is 607. The molecule has 2 aliphatic heterocycles. The maximum absolute atomic E-state index is 13.0. The van der Waals surface area contributed by atoms with Crippen molar-refractivity contribution in [1.82, 2.24) is 14.8 Å². The predicted molar refractivity (Wildman–Crippen MR) is 100.0 cm³/mol. The van der Waals surface area contributed by atoms with E-state index >= 15 is 0 Å². The van der Waals surface area contributed by atoms with Gasteiger partial charge in [-0.2, -0.15) is 0 Å². The van der Waals surface area contributed by atoms with Gasteiger partial charge >= 0.3 is 0 Å². The van der Waals surface area contributed by atoms with Gasteiger partial charge in [0.1, 0.15) is 0 Å². The number of aromatic nitrogens is 1. The molecule has 2 unspecified atom stereocenters. The molecule has 2 N–H and O–H groups in total. The molecule has 3 rings (SSSR count). The fraction of sp³-hybridized carbons (Fsp3) is 0.650. The zero-order valence-electron chi connectivity index (χ0n) is 15.5. The highest BCUT2D eigenvalue weighted by Crippen LogP contribution is 2.25. The van der Waals surface area contributed by atoms with Gasteiger partial charge in [0, 0.05) is 45.0 Å². The lowest BCUT2D eigenvalue weighted by atomic mass is 9.90. The number of hydrogen-bond acceptors (Lipinski definition) is 4. The minimum absolute atomic E-state index is 0.0929. The summed E-state index contributed by atoms with van der Waals surface area (Å²) in [5.74, 6) is 0.557. The molecule has 2 atom stereocenters. The Morgan fingerprint density at radius 1 is 1.19 bits per heavy atom. The van der Waals surface area contributed by atoms with E-state index in [4.69, 9.17) is 5.73 Å². The average molecular weight is 358 g/mol. The number of piperidine rings is 2. The van der Waals surface area contributed by atoms with E-state index in [-0.39, 0.29) is 11.8 Å². The summed E-state index contributed by atoms with van der Waals surface area (Å²) in [5, 5.41) is 0. The van der Waals surface area contributed by atoms with Crippen molar-refractivity contribution in [2.24, 2.45) is 17.6 Å². The zero-order chi connectivity index (χ0) is 18.4. The third kappa shape index (κ3) is 5.27. The first-order valence-corrected chi connectivity index (χ1v) is 9.80. The Hall–Kier alpha value is -1.95. The topological polar surface area (TPSA) is 79.5 Å². The van der Waals surface area contributed by atoms with Gasteiger partial charge in [-0.05, 0) is 56.2 Å². The smallest absolute Gasteiger partial charge is 0.226 e. The molecule has 6 heteroatoms. The van der Waals surface area contributed by atoms with Crippen LogP contribution < -0.4 is 5.73 Å². The van der Waals surface area contributed by atoms with Crippen LogP contribution in [0.1, 0.15) is 44.1 Å². The van der Waals surface area contributed by atoms with E-state index in [0.717, 1.165) is 64.8 Å². The molecule has 6 nitrogen and oxygen atoms in total. The second kappa shape index (κ2) is 9.12. The lowest BCUT2D eigenvalue weighted by molar-refractivity contribution is -0.139. The van der Waals surface area contributed by atoms with Crippen molar-refractivity contribution < 1.29 is 9.59 Å². The maximum Gasteiger partial charge on any atom is 0.226 e. The summed E-state index contributed by atoms with van der Waals surface area (Å²) in [6.07, 6.45) is 9.08. The van der Waals surface area contributed by atoms with E-state index in [1.807, 2.05) is 17.2 Å². The van der Waals surface area contributed by atoms with Crippen molar-refractivity contribution in [2.75, 3.05) is 26.2 Å². The molecule has 0 aliphatic carbocycles. The number of carbonyl (C=O) groups is 2. The van der Waals surface area contributed by atoms with Crippen LogP contribution in [0.25, 0.3) is 0 Å². The molecule has 1 aromatic heterocycles. The van der Waals surface area contributed by atoms with Gasteiger partial charge in [-0.15, -0.1) is 0 Å². The number of likely N-dealkylation sites (tertiary alicyclic amines) is 2. The average Bonchev–Trinajstić information content (AvgIpc) is 2.67. The van der Waals surface area contributed by atoms with Gasteiger partial charge in [0.2, 0.25) is 11.8 Å². The second-order valence-corrected chi connectivity index (χ2v) is 7.73. The molecule has 2 aliphatic rings. The molecule has 26 heavy (non-hydrogen) atoms. The van der Waals surface area contributed by atoms with Crippen molar-refractivity contribution in [3.63, 3.8) is 0 Å². The van der Waals surface area contributed by atoms with Gasteiger partial charge in [-0.3, -0.25) is 19.5 Å².